The third-order valence-electron chi connectivity index (χ3n) is 4.69. The standard InChI is InChI=1S/C16H20BrN3O2/c17-13-3-1-12(2-4-13)16(22)20-9-14(10-20)19-7-5-11(6-8-19)15(18)21/h1-4,11,14H,5-10H2,(H2,18,21). The molecule has 2 aliphatic rings. The first-order chi connectivity index (χ1) is 10.5. The quantitative estimate of drug-likeness (QED) is 0.881. The van der Waals surface area contributed by atoms with E-state index in [1.807, 2.05) is 29.2 Å². The van der Waals surface area contributed by atoms with Gasteiger partial charge >= 0.3 is 0 Å². The van der Waals surface area contributed by atoms with Crippen LogP contribution in [0.3, 0.4) is 0 Å². The van der Waals surface area contributed by atoms with Crippen molar-refractivity contribution in [2.45, 2.75) is 18.9 Å². The maximum atomic E-state index is 12.3. The Hall–Kier alpha value is -1.40. The fourth-order valence-electron chi connectivity index (χ4n) is 3.18. The zero-order valence-corrected chi connectivity index (χ0v) is 14.0. The summed E-state index contributed by atoms with van der Waals surface area (Å²) in [6.45, 7) is 3.35. The molecule has 2 saturated heterocycles. The van der Waals surface area contributed by atoms with Crippen LogP contribution in [0.15, 0.2) is 28.7 Å². The number of likely N-dealkylation sites (tertiary alicyclic amines) is 2. The second kappa shape index (κ2) is 6.38. The zero-order chi connectivity index (χ0) is 15.7. The van der Waals surface area contributed by atoms with Crippen LogP contribution >= 0.6 is 15.9 Å². The third kappa shape index (κ3) is 3.17. The van der Waals surface area contributed by atoms with Gasteiger partial charge in [0.05, 0.1) is 0 Å². The molecule has 5 nitrogen and oxygen atoms in total. The summed E-state index contributed by atoms with van der Waals surface area (Å²) >= 11 is 3.37. The third-order valence-corrected chi connectivity index (χ3v) is 5.22. The summed E-state index contributed by atoms with van der Waals surface area (Å²) in [6, 6.07) is 7.89. The summed E-state index contributed by atoms with van der Waals surface area (Å²) in [6.07, 6.45) is 1.68. The Balaban J connectivity index is 1.49. The molecular weight excluding hydrogens is 346 g/mol. The maximum absolute atomic E-state index is 12.3. The lowest BCUT2D eigenvalue weighted by Crippen LogP contribution is -2.62. The van der Waals surface area contributed by atoms with Gasteiger partial charge < -0.3 is 10.6 Å². The number of halogens is 1. The highest BCUT2D eigenvalue weighted by atomic mass is 79.9. The van der Waals surface area contributed by atoms with E-state index in [4.69, 9.17) is 5.73 Å². The smallest absolute Gasteiger partial charge is 0.253 e. The van der Waals surface area contributed by atoms with E-state index in [9.17, 15) is 9.59 Å². The van der Waals surface area contributed by atoms with Crippen LogP contribution in [0, 0.1) is 5.92 Å². The summed E-state index contributed by atoms with van der Waals surface area (Å²) in [5.41, 5.74) is 6.09. The van der Waals surface area contributed by atoms with Crippen LogP contribution < -0.4 is 5.73 Å². The highest BCUT2D eigenvalue weighted by Gasteiger charge is 2.37. The Bertz CT molecular complexity index is 561. The maximum Gasteiger partial charge on any atom is 0.253 e. The molecule has 0 bridgehead atoms. The second-order valence-electron chi connectivity index (χ2n) is 6.08. The highest BCUT2D eigenvalue weighted by molar-refractivity contribution is 9.10. The van der Waals surface area contributed by atoms with E-state index in [2.05, 4.69) is 20.8 Å². The molecule has 2 amide bonds. The van der Waals surface area contributed by atoms with Crippen LogP contribution in [0.2, 0.25) is 0 Å². The molecule has 0 unspecified atom stereocenters. The van der Waals surface area contributed by atoms with Gasteiger partial charge in [-0.1, -0.05) is 15.9 Å². The van der Waals surface area contributed by atoms with Crippen molar-refractivity contribution in [2.75, 3.05) is 26.2 Å². The molecule has 0 spiro atoms. The van der Waals surface area contributed by atoms with Crippen LogP contribution in [0.5, 0.6) is 0 Å². The van der Waals surface area contributed by atoms with Crippen molar-refractivity contribution in [2.24, 2.45) is 11.7 Å². The van der Waals surface area contributed by atoms with Gasteiger partial charge in [0.25, 0.3) is 5.91 Å². The van der Waals surface area contributed by atoms with Gasteiger partial charge in [-0.2, -0.15) is 0 Å². The van der Waals surface area contributed by atoms with Crippen LogP contribution in [-0.2, 0) is 4.79 Å². The fraction of sp³-hybridized carbons (Fsp3) is 0.500. The number of hydrogen-bond donors (Lipinski definition) is 1. The van der Waals surface area contributed by atoms with Crippen molar-refractivity contribution in [3.05, 3.63) is 34.3 Å². The van der Waals surface area contributed by atoms with Crippen LogP contribution in [0.1, 0.15) is 23.2 Å². The molecule has 0 aliphatic carbocycles. The monoisotopic (exact) mass is 365 g/mol. The number of hydrogen-bond acceptors (Lipinski definition) is 3. The van der Waals surface area contributed by atoms with Crippen molar-refractivity contribution in [3.8, 4) is 0 Å². The SMILES string of the molecule is NC(=O)C1CCN(C2CN(C(=O)c3ccc(Br)cc3)C2)CC1. The summed E-state index contributed by atoms with van der Waals surface area (Å²) in [7, 11) is 0. The molecule has 6 heteroatoms. The summed E-state index contributed by atoms with van der Waals surface area (Å²) in [4.78, 5) is 27.8. The molecule has 2 heterocycles. The van der Waals surface area contributed by atoms with Gasteiger partial charge in [0.2, 0.25) is 5.91 Å². The number of nitrogens with two attached hydrogens (primary N) is 1. The van der Waals surface area contributed by atoms with E-state index in [0.717, 1.165) is 49.1 Å². The molecule has 22 heavy (non-hydrogen) atoms. The average molecular weight is 366 g/mol. The molecule has 2 fully saturated rings. The largest absolute Gasteiger partial charge is 0.369 e. The molecule has 2 N–H and O–H groups in total. The predicted octanol–water partition coefficient (Wildman–Crippen LogP) is 1.47. The van der Waals surface area contributed by atoms with Crippen LogP contribution in [0.25, 0.3) is 0 Å². The zero-order valence-electron chi connectivity index (χ0n) is 12.4. The molecule has 0 atom stereocenters. The average Bonchev–Trinajstić information content (AvgIpc) is 2.47. The van der Waals surface area contributed by atoms with E-state index in [-0.39, 0.29) is 17.7 Å². The molecular formula is C16H20BrN3O2. The van der Waals surface area contributed by atoms with Gasteiger partial charge in [-0.3, -0.25) is 14.5 Å². The Morgan fingerprint density at radius 3 is 2.23 bits per heavy atom. The van der Waals surface area contributed by atoms with Gasteiger partial charge in [0, 0.05) is 35.1 Å². The van der Waals surface area contributed by atoms with Crippen LogP contribution in [0.4, 0.5) is 0 Å². The Labute approximate surface area is 138 Å². The molecule has 3 rings (SSSR count). The summed E-state index contributed by atoms with van der Waals surface area (Å²) in [5, 5.41) is 0. The lowest BCUT2D eigenvalue weighted by atomic mass is 9.93. The molecule has 0 radical (unpaired) electrons. The molecule has 1 aromatic rings. The highest BCUT2D eigenvalue weighted by Crippen LogP contribution is 2.24. The number of piperidine rings is 1. The van der Waals surface area contributed by atoms with Crippen LogP contribution in [-0.4, -0.2) is 53.8 Å². The van der Waals surface area contributed by atoms with Gasteiger partial charge in [0.1, 0.15) is 0 Å². The molecule has 0 saturated carbocycles. The number of primary amides is 1. The number of amides is 2. The van der Waals surface area contributed by atoms with E-state index < -0.39 is 0 Å². The first-order valence-corrected chi connectivity index (χ1v) is 8.42. The fourth-order valence-corrected chi connectivity index (χ4v) is 3.44. The Morgan fingerprint density at radius 1 is 1.09 bits per heavy atom. The van der Waals surface area contributed by atoms with E-state index in [1.165, 1.54) is 0 Å². The van der Waals surface area contributed by atoms with Gasteiger partial charge in [0.15, 0.2) is 0 Å². The lowest BCUT2D eigenvalue weighted by molar-refractivity contribution is -0.123. The van der Waals surface area contributed by atoms with E-state index in [0.29, 0.717) is 6.04 Å². The number of rotatable bonds is 3. The number of nitrogens with zero attached hydrogens (tertiary/aromatic N) is 2. The van der Waals surface area contributed by atoms with Gasteiger partial charge in [-0.05, 0) is 50.2 Å². The molecule has 118 valence electrons. The molecule has 1 aromatic carbocycles. The second-order valence-corrected chi connectivity index (χ2v) is 7.00. The first kappa shape index (κ1) is 15.5. The predicted molar refractivity (Wildman–Crippen MR) is 87.3 cm³/mol. The summed E-state index contributed by atoms with van der Waals surface area (Å²) < 4.78 is 0.975. The van der Waals surface area contributed by atoms with Crippen molar-refractivity contribution >= 4 is 27.7 Å². The minimum Gasteiger partial charge on any atom is -0.369 e. The van der Waals surface area contributed by atoms with Crippen molar-refractivity contribution in [1.29, 1.82) is 0 Å². The number of carbonyl (C=O) groups excluding carboxylic acids is 2. The Kier molecular flexibility index (Phi) is 4.49. The van der Waals surface area contributed by atoms with E-state index >= 15 is 0 Å². The minimum absolute atomic E-state index is 0.0248. The molecule has 2 aliphatic heterocycles. The first-order valence-electron chi connectivity index (χ1n) is 7.63. The lowest BCUT2D eigenvalue weighted by Gasteiger charge is -2.47. The molecule has 0 aromatic heterocycles. The van der Waals surface area contributed by atoms with Crippen molar-refractivity contribution < 1.29 is 9.59 Å². The normalized spacial score (nSPS) is 20.7. The number of benzene rings is 1. The van der Waals surface area contributed by atoms with Gasteiger partial charge in [-0.15, -0.1) is 0 Å². The topological polar surface area (TPSA) is 66.6 Å². The van der Waals surface area contributed by atoms with Crippen molar-refractivity contribution in [1.82, 2.24) is 9.80 Å². The van der Waals surface area contributed by atoms with Gasteiger partial charge in [-0.25, -0.2) is 0 Å². The minimum atomic E-state index is -0.180. The van der Waals surface area contributed by atoms with Crippen molar-refractivity contribution in [3.63, 3.8) is 0 Å². The summed E-state index contributed by atoms with van der Waals surface area (Å²) in [5.74, 6) is -0.0621. The van der Waals surface area contributed by atoms with E-state index in [1.54, 1.807) is 0 Å². The Morgan fingerprint density at radius 2 is 1.68 bits per heavy atom. The number of carbonyl (C=O) groups is 2.